The Morgan fingerprint density at radius 1 is 0.700 bits per heavy atom. The zero-order chi connectivity index (χ0) is 21.0. The van der Waals surface area contributed by atoms with Gasteiger partial charge in [-0.1, -0.05) is 84.9 Å². The van der Waals surface area contributed by atoms with Crippen molar-refractivity contribution in [1.29, 1.82) is 0 Å². The smallest absolute Gasteiger partial charge is 0.262 e. The predicted molar refractivity (Wildman–Crippen MR) is 120 cm³/mol. The molecule has 0 unspecified atom stereocenters. The Labute approximate surface area is 176 Å². The zero-order valence-corrected chi connectivity index (χ0v) is 17.1. The van der Waals surface area contributed by atoms with Gasteiger partial charge in [0.1, 0.15) is 5.78 Å². The van der Waals surface area contributed by atoms with E-state index in [0.717, 1.165) is 10.9 Å². The quantitative estimate of drug-likeness (QED) is 0.462. The summed E-state index contributed by atoms with van der Waals surface area (Å²) < 4.78 is 29.0. The monoisotopic (exact) mass is 415 g/mol. The van der Waals surface area contributed by atoms with Crippen molar-refractivity contribution in [3.8, 4) is 0 Å². The number of para-hydroxylation sites is 1. The number of hydrogen-bond acceptors (Lipinski definition) is 3. The minimum Gasteiger partial charge on any atom is -0.299 e. The predicted octanol–water partition coefficient (Wildman–Crippen LogP) is 4.99. The van der Waals surface area contributed by atoms with Crippen molar-refractivity contribution in [3.05, 3.63) is 108 Å². The number of nitrogens with one attached hydrogen (secondary N) is 1. The summed E-state index contributed by atoms with van der Waals surface area (Å²) in [5.41, 5.74) is 2.02. The summed E-state index contributed by atoms with van der Waals surface area (Å²) in [5, 5.41) is 1.51. The molecule has 0 amide bonds. The van der Waals surface area contributed by atoms with Gasteiger partial charge in [0.2, 0.25) is 0 Å². The third kappa shape index (κ3) is 4.42. The fourth-order valence-corrected chi connectivity index (χ4v) is 4.83. The van der Waals surface area contributed by atoms with Crippen LogP contribution in [0, 0.1) is 0 Å². The van der Waals surface area contributed by atoms with Crippen LogP contribution in [0.5, 0.6) is 0 Å². The normalized spacial score (nSPS) is 11.3. The second-order valence-corrected chi connectivity index (χ2v) is 8.77. The number of carbonyl (C=O) groups is 1. The van der Waals surface area contributed by atoms with Crippen LogP contribution in [-0.2, 0) is 27.7 Å². The molecule has 0 heterocycles. The van der Waals surface area contributed by atoms with Crippen LogP contribution in [0.3, 0.4) is 0 Å². The Balaban J connectivity index is 1.60. The Bertz CT molecular complexity index is 1290. The van der Waals surface area contributed by atoms with Crippen molar-refractivity contribution in [2.75, 3.05) is 4.72 Å². The van der Waals surface area contributed by atoms with Crippen molar-refractivity contribution in [2.24, 2.45) is 0 Å². The summed E-state index contributed by atoms with van der Waals surface area (Å²) in [7, 11) is -3.82. The van der Waals surface area contributed by atoms with Gasteiger partial charge in [0.25, 0.3) is 10.0 Å². The number of benzene rings is 4. The Kier molecular flexibility index (Phi) is 5.63. The van der Waals surface area contributed by atoms with E-state index >= 15 is 0 Å². The number of anilines is 1. The number of ketones is 1. The molecule has 0 aromatic heterocycles. The lowest BCUT2D eigenvalue weighted by molar-refractivity contribution is -0.117. The lowest BCUT2D eigenvalue weighted by Gasteiger charge is -2.14. The van der Waals surface area contributed by atoms with Crippen molar-refractivity contribution < 1.29 is 13.2 Å². The van der Waals surface area contributed by atoms with Crippen molar-refractivity contribution in [3.63, 3.8) is 0 Å². The molecule has 150 valence electrons. The van der Waals surface area contributed by atoms with E-state index in [2.05, 4.69) is 4.72 Å². The van der Waals surface area contributed by atoms with Gasteiger partial charge in [-0.05, 0) is 28.6 Å². The number of sulfonamides is 1. The van der Waals surface area contributed by atoms with Gasteiger partial charge >= 0.3 is 0 Å². The second kappa shape index (κ2) is 8.51. The third-order valence-electron chi connectivity index (χ3n) is 4.93. The van der Waals surface area contributed by atoms with Gasteiger partial charge in [-0.3, -0.25) is 9.52 Å². The summed E-state index contributed by atoms with van der Waals surface area (Å²) in [5.74, 6) is 0.0259. The number of carbonyl (C=O) groups excluding carboxylic acids is 1. The van der Waals surface area contributed by atoms with Gasteiger partial charge in [-0.2, -0.15) is 0 Å². The van der Waals surface area contributed by atoms with Crippen LogP contribution in [-0.4, -0.2) is 14.2 Å². The van der Waals surface area contributed by atoms with Crippen LogP contribution < -0.4 is 4.72 Å². The standard InChI is InChI=1S/C25H21NO3S/c27-22(17-19-9-2-1-3-10-19)18-21-12-5-7-15-24(21)26-30(28,29)25-16-8-13-20-11-4-6-14-23(20)25/h1-16,26H,17-18H2. The van der Waals surface area contributed by atoms with Gasteiger partial charge in [-0.15, -0.1) is 0 Å². The average molecular weight is 416 g/mol. The van der Waals surface area contributed by atoms with Gasteiger partial charge in [0, 0.05) is 18.2 Å². The molecule has 0 fully saturated rings. The first-order valence-electron chi connectivity index (χ1n) is 9.67. The first kappa shape index (κ1) is 19.9. The molecule has 0 aliphatic rings. The number of fused-ring (bicyclic) bond motifs is 1. The van der Waals surface area contributed by atoms with Crippen LogP contribution in [0.4, 0.5) is 5.69 Å². The average Bonchev–Trinajstić information content (AvgIpc) is 2.75. The molecule has 0 bridgehead atoms. The van der Waals surface area contributed by atoms with Gasteiger partial charge in [0.15, 0.2) is 0 Å². The summed E-state index contributed by atoms with van der Waals surface area (Å²) in [6.07, 6.45) is 0.467. The molecule has 0 radical (unpaired) electrons. The summed E-state index contributed by atoms with van der Waals surface area (Å²) >= 11 is 0. The van der Waals surface area contributed by atoms with E-state index in [1.807, 2.05) is 54.6 Å². The molecule has 0 aliphatic heterocycles. The van der Waals surface area contributed by atoms with E-state index in [1.54, 1.807) is 42.5 Å². The third-order valence-corrected chi connectivity index (χ3v) is 6.36. The molecule has 4 rings (SSSR count). The first-order chi connectivity index (χ1) is 14.5. The topological polar surface area (TPSA) is 63.2 Å². The van der Waals surface area contributed by atoms with Crippen LogP contribution >= 0.6 is 0 Å². The Morgan fingerprint density at radius 3 is 2.20 bits per heavy atom. The summed E-state index contributed by atoms with van der Waals surface area (Å²) in [6, 6.07) is 29.1. The van der Waals surface area contributed by atoms with E-state index in [4.69, 9.17) is 0 Å². The van der Waals surface area contributed by atoms with E-state index in [9.17, 15) is 13.2 Å². The molecular formula is C25H21NO3S. The van der Waals surface area contributed by atoms with Crippen LogP contribution in [0.25, 0.3) is 10.8 Å². The molecule has 0 spiro atoms. The van der Waals surface area contributed by atoms with Gasteiger partial charge < -0.3 is 0 Å². The van der Waals surface area contributed by atoms with Crippen LogP contribution in [0.2, 0.25) is 0 Å². The van der Waals surface area contributed by atoms with Crippen LogP contribution in [0.15, 0.2) is 102 Å². The molecule has 4 nitrogen and oxygen atoms in total. The summed E-state index contributed by atoms with van der Waals surface area (Å²) in [6.45, 7) is 0. The van der Waals surface area contributed by atoms with E-state index < -0.39 is 10.0 Å². The lowest BCUT2D eigenvalue weighted by Crippen LogP contribution is -2.16. The SMILES string of the molecule is O=C(Cc1ccccc1)Cc1ccccc1NS(=O)(=O)c1cccc2ccccc12. The van der Waals surface area contributed by atoms with E-state index in [1.165, 1.54) is 0 Å². The second-order valence-electron chi connectivity index (χ2n) is 7.12. The van der Waals surface area contributed by atoms with Gasteiger partial charge in [-0.25, -0.2) is 8.42 Å². The van der Waals surface area contributed by atoms with E-state index in [-0.39, 0.29) is 17.1 Å². The van der Waals surface area contributed by atoms with E-state index in [0.29, 0.717) is 23.1 Å². The molecule has 0 atom stereocenters. The minimum atomic E-state index is -3.82. The highest BCUT2D eigenvalue weighted by Crippen LogP contribution is 2.26. The highest BCUT2D eigenvalue weighted by Gasteiger charge is 2.19. The number of rotatable bonds is 7. The van der Waals surface area contributed by atoms with Gasteiger partial charge in [0.05, 0.1) is 10.6 Å². The molecule has 4 aromatic carbocycles. The number of hydrogen-bond donors (Lipinski definition) is 1. The molecule has 1 N–H and O–H groups in total. The molecule has 0 saturated carbocycles. The maximum absolute atomic E-state index is 13.1. The molecule has 0 aliphatic carbocycles. The number of Topliss-reactive ketones (excluding diaryl/α,β-unsaturated/α-hetero) is 1. The molecule has 5 heteroatoms. The lowest BCUT2D eigenvalue weighted by atomic mass is 10.0. The highest BCUT2D eigenvalue weighted by molar-refractivity contribution is 7.93. The van der Waals surface area contributed by atoms with Crippen LogP contribution in [0.1, 0.15) is 11.1 Å². The first-order valence-corrected chi connectivity index (χ1v) is 11.2. The van der Waals surface area contributed by atoms with Crippen molar-refractivity contribution in [2.45, 2.75) is 17.7 Å². The fraction of sp³-hybridized carbons (Fsp3) is 0.0800. The molecular weight excluding hydrogens is 394 g/mol. The zero-order valence-electron chi connectivity index (χ0n) is 16.3. The molecule has 4 aromatic rings. The highest BCUT2D eigenvalue weighted by atomic mass is 32.2. The van der Waals surface area contributed by atoms with Crippen molar-refractivity contribution >= 4 is 32.3 Å². The molecule has 0 saturated heterocycles. The minimum absolute atomic E-state index is 0.0259. The maximum atomic E-state index is 13.1. The fourth-order valence-electron chi connectivity index (χ4n) is 3.50. The Morgan fingerprint density at radius 2 is 1.37 bits per heavy atom. The Hall–Kier alpha value is -3.44. The summed E-state index contributed by atoms with van der Waals surface area (Å²) in [4.78, 5) is 12.8. The van der Waals surface area contributed by atoms with Crippen molar-refractivity contribution in [1.82, 2.24) is 0 Å². The largest absolute Gasteiger partial charge is 0.299 e. The molecule has 30 heavy (non-hydrogen) atoms. The maximum Gasteiger partial charge on any atom is 0.262 e.